The molecule has 0 saturated heterocycles. The summed E-state index contributed by atoms with van der Waals surface area (Å²) in [7, 11) is 0. The molecule has 8 aromatic rings. The lowest BCUT2D eigenvalue weighted by Gasteiger charge is -2.38. The van der Waals surface area contributed by atoms with Crippen LogP contribution in [0.3, 0.4) is 0 Å². The van der Waals surface area contributed by atoms with E-state index >= 15 is 0 Å². The van der Waals surface area contributed by atoms with Gasteiger partial charge in [-0.15, -0.1) is 0 Å². The van der Waals surface area contributed by atoms with Crippen molar-refractivity contribution in [1.82, 2.24) is 9.97 Å². The molecule has 0 N–H and O–H groups in total. The molecule has 2 heterocycles. The van der Waals surface area contributed by atoms with Crippen molar-refractivity contribution in [2.75, 3.05) is 0 Å². The van der Waals surface area contributed by atoms with Gasteiger partial charge >= 0.3 is 12.4 Å². The summed E-state index contributed by atoms with van der Waals surface area (Å²) in [6.45, 7) is 11.6. The average molecular weight is 725 g/mol. The van der Waals surface area contributed by atoms with Gasteiger partial charge in [0.25, 0.3) is 0 Å². The number of alkyl halides is 6. The molecule has 0 amide bonds. The summed E-state index contributed by atoms with van der Waals surface area (Å²) in [5, 5.41) is 5.73. The fourth-order valence-electron chi connectivity index (χ4n) is 7.23. The third-order valence-electron chi connectivity index (χ3n) is 10.1. The molecule has 4 nitrogen and oxygen atoms in total. The zero-order valence-corrected chi connectivity index (χ0v) is 29.7. The first-order chi connectivity index (χ1) is 24.8. The Morgan fingerprint density at radius 3 is 1.49 bits per heavy atom. The van der Waals surface area contributed by atoms with Crippen molar-refractivity contribution in [3.05, 3.63) is 120 Å². The highest BCUT2D eigenvalue weighted by Gasteiger charge is 2.72. The van der Waals surface area contributed by atoms with Crippen molar-refractivity contribution in [3.63, 3.8) is 0 Å². The highest BCUT2D eigenvalue weighted by molar-refractivity contribution is 6.20. The van der Waals surface area contributed by atoms with Crippen molar-refractivity contribution >= 4 is 54.5 Å². The molecule has 53 heavy (non-hydrogen) atoms. The normalized spacial score (nSPS) is 13.7. The number of hydrogen-bond donors (Lipinski definition) is 0. The molecule has 0 fully saturated rings. The molecular formula is C43H34F6N2O2. The number of fused-ring (bicyclic) bond motifs is 7. The summed E-state index contributed by atoms with van der Waals surface area (Å²) in [4.78, 5) is 9.31. The van der Waals surface area contributed by atoms with Crippen LogP contribution in [0, 0.1) is 0 Å². The Hall–Kier alpha value is -5.38. The van der Waals surface area contributed by atoms with E-state index in [1.807, 2.05) is 90.1 Å². The Morgan fingerprint density at radius 2 is 0.943 bits per heavy atom. The van der Waals surface area contributed by atoms with Gasteiger partial charge in [0, 0.05) is 11.0 Å². The fourth-order valence-corrected chi connectivity index (χ4v) is 7.23. The van der Waals surface area contributed by atoms with Crippen molar-refractivity contribution < 1.29 is 35.2 Å². The average Bonchev–Trinajstić information content (AvgIpc) is 3.69. The summed E-state index contributed by atoms with van der Waals surface area (Å²) in [6, 6.07) is 24.4. The van der Waals surface area contributed by atoms with Crippen LogP contribution in [0.1, 0.15) is 64.1 Å². The van der Waals surface area contributed by atoms with Crippen LogP contribution in [0.5, 0.6) is 0 Å². The summed E-state index contributed by atoms with van der Waals surface area (Å²) < 4.78 is 101. The van der Waals surface area contributed by atoms with Crippen LogP contribution < -0.4 is 0 Å². The Balaban J connectivity index is 1.21. The topological polar surface area (TPSA) is 52.1 Å². The lowest BCUT2D eigenvalue weighted by Crippen LogP contribution is -2.54. The van der Waals surface area contributed by atoms with Crippen molar-refractivity contribution in [2.45, 2.75) is 70.1 Å². The van der Waals surface area contributed by atoms with Gasteiger partial charge in [0.15, 0.2) is 11.2 Å². The molecule has 6 aromatic carbocycles. The number of nitrogens with zero attached hydrogens (tertiary/aromatic N) is 2. The first-order valence-corrected chi connectivity index (χ1v) is 17.1. The van der Waals surface area contributed by atoms with Gasteiger partial charge in [0.2, 0.25) is 17.2 Å². The minimum absolute atomic E-state index is 0.0684. The molecule has 8 rings (SSSR count). The maximum Gasteiger partial charge on any atom is 0.411 e. The summed E-state index contributed by atoms with van der Waals surface area (Å²) in [5.41, 5.74) is -3.60. The van der Waals surface area contributed by atoms with Crippen molar-refractivity contribution in [2.24, 2.45) is 0 Å². The van der Waals surface area contributed by atoms with Crippen molar-refractivity contribution in [1.29, 1.82) is 0 Å². The van der Waals surface area contributed by atoms with Crippen LogP contribution in [0.2, 0.25) is 0 Å². The number of aromatic nitrogens is 2. The van der Waals surface area contributed by atoms with Crippen LogP contribution in [-0.2, 0) is 16.2 Å². The molecule has 0 radical (unpaired) electrons. The predicted molar refractivity (Wildman–Crippen MR) is 196 cm³/mol. The number of benzene rings is 6. The number of oxazole rings is 2. The van der Waals surface area contributed by atoms with Crippen molar-refractivity contribution in [3.8, 4) is 11.5 Å². The van der Waals surface area contributed by atoms with E-state index in [4.69, 9.17) is 13.8 Å². The molecule has 0 aliphatic rings. The molecule has 0 atom stereocenters. The molecule has 2 aromatic heterocycles. The number of halogens is 6. The quantitative estimate of drug-likeness (QED) is 0.134. The maximum absolute atomic E-state index is 14.8. The van der Waals surface area contributed by atoms with E-state index in [-0.39, 0.29) is 16.9 Å². The van der Waals surface area contributed by atoms with E-state index in [1.54, 1.807) is 0 Å². The Bertz CT molecular complexity index is 2690. The van der Waals surface area contributed by atoms with Gasteiger partial charge in [-0.25, -0.2) is 9.97 Å². The first-order valence-electron chi connectivity index (χ1n) is 17.1. The predicted octanol–water partition coefficient (Wildman–Crippen LogP) is 13.1. The van der Waals surface area contributed by atoms with E-state index in [2.05, 4.69) is 4.98 Å². The minimum atomic E-state index is -5.70. The molecule has 0 spiro atoms. The van der Waals surface area contributed by atoms with Crippen LogP contribution in [-0.4, -0.2) is 22.3 Å². The van der Waals surface area contributed by atoms with Crippen LogP contribution in [0.15, 0.2) is 106 Å². The molecule has 270 valence electrons. The highest BCUT2D eigenvalue weighted by atomic mass is 19.4. The molecule has 0 bridgehead atoms. The zero-order chi connectivity index (χ0) is 37.9. The van der Waals surface area contributed by atoms with E-state index in [1.165, 1.54) is 24.3 Å². The van der Waals surface area contributed by atoms with E-state index in [9.17, 15) is 26.3 Å². The Morgan fingerprint density at radius 1 is 0.453 bits per heavy atom. The summed E-state index contributed by atoms with van der Waals surface area (Å²) >= 11 is 0. The second kappa shape index (κ2) is 11.3. The van der Waals surface area contributed by atoms with Gasteiger partial charge in [0.1, 0.15) is 11.0 Å². The molecule has 10 heteroatoms. The molecule has 0 aliphatic heterocycles. The maximum atomic E-state index is 14.8. The largest absolute Gasteiger partial charge is 0.440 e. The summed E-state index contributed by atoms with van der Waals surface area (Å²) in [6.07, 6.45) is -11.4. The number of hydrogen-bond acceptors (Lipinski definition) is 4. The Labute approximate surface area is 300 Å². The van der Waals surface area contributed by atoms with E-state index in [0.717, 1.165) is 62.1 Å². The minimum Gasteiger partial charge on any atom is -0.440 e. The van der Waals surface area contributed by atoms with Gasteiger partial charge in [-0.05, 0) is 90.8 Å². The third kappa shape index (κ3) is 5.44. The van der Waals surface area contributed by atoms with Crippen LogP contribution >= 0.6 is 0 Å². The smallest absolute Gasteiger partial charge is 0.411 e. The first kappa shape index (κ1) is 34.7. The van der Waals surface area contributed by atoms with E-state index < -0.39 is 34.3 Å². The van der Waals surface area contributed by atoms with Gasteiger partial charge in [-0.1, -0.05) is 102 Å². The number of rotatable bonds is 3. The molecular weight excluding hydrogens is 690 g/mol. The summed E-state index contributed by atoms with van der Waals surface area (Å²) in [5.74, 6) is 0.723. The zero-order valence-electron chi connectivity index (χ0n) is 29.7. The van der Waals surface area contributed by atoms with Crippen LogP contribution in [0.25, 0.3) is 66.0 Å². The monoisotopic (exact) mass is 724 g/mol. The van der Waals surface area contributed by atoms with Crippen LogP contribution in [0.4, 0.5) is 26.3 Å². The SMILES string of the molecule is CC(C)(C)c1ccc(C(c2ccc(-c3nc4cc5ccc6c7cc8nc(C(C)(C)C)oc8cc7ccc6c5cc4o3)cc2)(C(F)(F)F)C(F)(F)F)cc1. The fraction of sp³-hybridized carbons (Fsp3) is 0.256. The lowest BCUT2D eigenvalue weighted by atomic mass is 9.72. The van der Waals surface area contributed by atoms with Gasteiger partial charge in [-0.3, -0.25) is 0 Å². The Kier molecular flexibility index (Phi) is 7.40. The van der Waals surface area contributed by atoms with Gasteiger partial charge in [-0.2, -0.15) is 26.3 Å². The van der Waals surface area contributed by atoms with Gasteiger partial charge < -0.3 is 8.83 Å². The molecule has 0 aliphatic carbocycles. The third-order valence-corrected chi connectivity index (χ3v) is 10.1. The van der Waals surface area contributed by atoms with E-state index in [0.29, 0.717) is 28.1 Å². The lowest BCUT2D eigenvalue weighted by molar-refractivity contribution is -0.288. The second-order valence-corrected chi connectivity index (χ2v) is 15.7. The standard InChI is InChI=1S/C43H34F6N2O2/c1-39(2,3)26-13-15-28(16-14-26)41(42(44,45)46,43(47,48)49)27-11-7-23(8-12-27)37-50-33-19-24-9-17-29-30(32(24)22-36(33)52-37)18-10-25-20-35-34(21-31(25)29)51-38(53-35)40(4,5)6/h7-22H,1-6H3. The van der Waals surface area contributed by atoms with Gasteiger partial charge in [0.05, 0.1) is 0 Å². The molecule has 0 saturated carbocycles. The second-order valence-electron chi connectivity index (χ2n) is 15.7. The highest BCUT2D eigenvalue weighted by Crippen LogP contribution is 2.56. The molecule has 0 unspecified atom stereocenters.